The second-order valence-corrected chi connectivity index (χ2v) is 14.4. The van der Waals surface area contributed by atoms with Gasteiger partial charge in [0.1, 0.15) is 16.9 Å². The maximum Gasteiger partial charge on any atom is 0.491 e. The van der Waals surface area contributed by atoms with E-state index in [1.54, 1.807) is 11.3 Å². The Balaban J connectivity index is 1.13. The fourth-order valence-corrected chi connectivity index (χ4v) is 7.81. The Hall–Kier alpha value is -5.04. The number of amides is 1. The van der Waals surface area contributed by atoms with Crippen molar-refractivity contribution in [2.24, 2.45) is 10.7 Å². The SMILES string of the molecule is Cc1sc2c(c1C)C(c1ccc(Cl)cc1)=N[C@@H](CC(=O)NC1CCC(Nc3ccc(C(=O)OC(=O)C(F)(F)F)c(C#CCN)c3)CC1)c1nnc(C)n1-2. The molecule has 2 aromatic heterocycles. The molecule has 1 saturated carbocycles. The van der Waals surface area contributed by atoms with Crippen LogP contribution in [0.4, 0.5) is 18.9 Å². The molecule has 1 atom stereocenters. The van der Waals surface area contributed by atoms with E-state index in [4.69, 9.17) is 22.3 Å². The molecule has 53 heavy (non-hydrogen) atoms. The third-order valence-electron chi connectivity index (χ3n) is 9.18. The van der Waals surface area contributed by atoms with Crippen LogP contribution < -0.4 is 16.4 Å². The van der Waals surface area contributed by atoms with Gasteiger partial charge in [-0.1, -0.05) is 35.6 Å². The summed E-state index contributed by atoms with van der Waals surface area (Å²) in [6, 6.07) is 11.1. The van der Waals surface area contributed by atoms with E-state index >= 15 is 0 Å². The predicted octanol–water partition coefficient (Wildman–Crippen LogP) is 6.29. The number of ether oxygens (including phenoxy) is 1. The Labute approximate surface area is 312 Å². The summed E-state index contributed by atoms with van der Waals surface area (Å²) in [6.45, 7) is 5.97. The first kappa shape index (κ1) is 37.7. The van der Waals surface area contributed by atoms with Crippen LogP contribution in [0.5, 0.6) is 0 Å². The molecule has 0 spiro atoms. The molecule has 0 unspecified atom stereocenters. The molecule has 6 rings (SSSR count). The summed E-state index contributed by atoms with van der Waals surface area (Å²) in [6.07, 6.45) is -2.49. The van der Waals surface area contributed by atoms with E-state index in [9.17, 15) is 27.6 Å². The number of nitrogens with one attached hydrogen (secondary N) is 2. The summed E-state index contributed by atoms with van der Waals surface area (Å²) in [4.78, 5) is 43.5. The minimum Gasteiger partial charge on any atom is -0.383 e. The van der Waals surface area contributed by atoms with E-state index in [1.165, 1.54) is 18.2 Å². The van der Waals surface area contributed by atoms with Gasteiger partial charge in [-0.25, -0.2) is 9.59 Å². The van der Waals surface area contributed by atoms with Crippen molar-refractivity contribution in [2.75, 3.05) is 11.9 Å². The lowest BCUT2D eigenvalue weighted by molar-refractivity contribution is -0.193. The minimum absolute atomic E-state index is 0.00343. The number of rotatable bonds is 7. The van der Waals surface area contributed by atoms with Gasteiger partial charge in [-0.15, -0.1) is 21.5 Å². The van der Waals surface area contributed by atoms with Crippen LogP contribution in [0.1, 0.15) is 87.3 Å². The molecule has 1 amide bonds. The monoisotopic (exact) mass is 765 g/mol. The second kappa shape index (κ2) is 15.5. The van der Waals surface area contributed by atoms with E-state index in [1.807, 2.05) is 35.8 Å². The highest BCUT2D eigenvalue weighted by Gasteiger charge is 2.43. The molecule has 1 aliphatic carbocycles. The number of thiophene rings is 1. The van der Waals surface area contributed by atoms with Gasteiger partial charge in [0.25, 0.3) is 0 Å². The van der Waals surface area contributed by atoms with Crippen LogP contribution in [0.3, 0.4) is 0 Å². The Morgan fingerprint density at radius 3 is 2.42 bits per heavy atom. The van der Waals surface area contributed by atoms with Gasteiger partial charge in [0.15, 0.2) is 5.82 Å². The number of benzene rings is 2. The number of aromatic nitrogens is 3. The molecule has 2 aliphatic rings. The molecule has 4 N–H and O–H groups in total. The fourth-order valence-electron chi connectivity index (χ4n) is 6.47. The first-order valence-corrected chi connectivity index (χ1v) is 18.0. The smallest absolute Gasteiger partial charge is 0.383 e. The lowest BCUT2D eigenvalue weighted by atomic mass is 9.90. The number of aliphatic imine (C=N–C) groups is 1. The van der Waals surface area contributed by atoms with Gasteiger partial charge in [-0.3, -0.25) is 14.4 Å². The third kappa shape index (κ3) is 8.30. The normalized spacial score (nSPS) is 18.0. The van der Waals surface area contributed by atoms with Gasteiger partial charge in [0.05, 0.1) is 24.2 Å². The molecule has 0 saturated heterocycles. The molecule has 16 heteroatoms. The average molecular weight is 766 g/mol. The lowest BCUT2D eigenvalue weighted by Crippen LogP contribution is -2.40. The third-order valence-corrected chi connectivity index (χ3v) is 10.6. The summed E-state index contributed by atoms with van der Waals surface area (Å²) in [5.74, 6) is 2.29. The molecule has 11 nitrogen and oxygen atoms in total. The number of halogens is 4. The van der Waals surface area contributed by atoms with E-state index in [2.05, 4.69) is 51.3 Å². The van der Waals surface area contributed by atoms with E-state index in [-0.39, 0.29) is 42.1 Å². The predicted molar refractivity (Wildman–Crippen MR) is 195 cm³/mol. The van der Waals surface area contributed by atoms with Crippen molar-refractivity contribution < 1.29 is 32.3 Å². The van der Waals surface area contributed by atoms with Crippen molar-refractivity contribution in [3.05, 3.63) is 91.8 Å². The standard InChI is InChI=1S/C37H35ClF3N7O4S/c1-19-20(2)53-34-31(19)32(22-6-8-24(38)9-7-22)45-29(33-47-46-21(3)48(33)34)18-30(49)44-26-12-10-25(11-13-26)43-27-14-15-28(23(17-27)5-4-16-42)35(50)52-36(51)37(39,40)41/h6-9,14-15,17,25-26,29,43H,10-13,16,18,42H2,1-3H3,(H,44,49)/t25?,26?,29-/m0/s1. The number of nitrogens with zero attached hydrogens (tertiary/aromatic N) is 4. The van der Waals surface area contributed by atoms with Gasteiger partial charge < -0.3 is 21.1 Å². The summed E-state index contributed by atoms with van der Waals surface area (Å²) >= 11 is 7.86. The van der Waals surface area contributed by atoms with Gasteiger partial charge in [-0.2, -0.15) is 13.2 Å². The highest BCUT2D eigenvalue weighted by Crippen LogP contribution is 2.39. The zero-order valence-corrected chi connectivity index (χ0v) is 30.5. The van der Waals surface area contributed by atoms with Gasteiger partial charge >= 0.3 is 18.1 Å². The number of anilines is 1. The van der Waals surface area contributed by atoms with E-state index in [0.29, 0.717) is 48.0 Å². The summed E-state index contributed by atoms with van der Waals surface area (Å²) in [5.41, 5.74) is 9.53. The largest absolute Gasteiger partial charge is 0.491 e. The highest BCUT2D eigenvalue weighted by atomic mass is 35.5. The van der Waals surface area contributed by atoms with Crippen LogP contribution in [0.25, 0.3) is 5.00 Å². The van der Waals surface area contributed by atoms with E-state index in [0.717, 1.165) is 32.3 Å². The Bertz CT molecular complexity index is 2160. The number of carbonyl (C=O) groups is 3. The Morgan fingerprint density at radius 1 is 1.04 bits per heavy atom. The topological polar surface area (TPSA) is 154 Å². The number of esters is 2. The molecule has 0 bridgehead atoms. The van der Waals surface area contributed by atoms with Gasteiger partial charge in [-0.05, 0) is 82.3 Å². The summed E-state index contributed by atoms with van der Waals surface area (Å²) in [7, 11) is 0. The fraction of sp³-hybridized carbons (Fsp3) is 0.351. The van der Waals surface area contributed by atoms with Crippen molar-refractivity contribution in [1.82, 2.24) is 20.1 Å². The first-order valence-electron chi connectivity index (χ1n) is 16.8. The second-order valence-electron chi connectivity index (χ2n) is 12.8. The van der Waals surface area contributed by atoms with Gasteiger partial charge in [0, 0.05) is 44.4 Å². The Kier molecular flexibility index (Phi) is 11.0. The highest BCUT2D eigenvalue weighted by molar-refractivity contribution is 7.15. The number of fused-ring (bicyclic) bond motifs is 3. The van der Waals surface area contributed by atoms with E-state index < -0.39 is 24.2 Å². The summed E-state index contributed by atoms with van der Waals surface area (Å²) in [5, 5.41) is 17.0. The number of hydrogen-bond donors (Lipinski definition) is 3. The minimum atomic E-state index is -5.32. The number of aryl methyl sites for hydroxylation is 2. The average Bonchev–Trinajstić information content (AvgIpc) is 3.59. The van der Waals surface area contributed by atoms with Crippen molar-refractivity contribution in [2.45, 2.75) is 77.2 Å². The molecule has 3 heterocycles. The quantitative estimate of drug-likeness (QED) is 0.113. The van der Waals surface area contributed by atoms with Crippen molar-refractivity contribution in [3.63, 3.8) is 0 Å². The van der Waals surface area contributed by atoms with Crippen molar-refractivity contribution in [3.8, 4) is 16.8 Å². The zero-order chi connectivity index (χ0) is 38.0. The molecular formula is C37H35ClF3N7O4S. The summed E-state index contributed by atoms with van der Waals surface area (Å²) < 4.78 is 44.0. The maximum atomic E-state index is 13.6. The van der Waals surface area contributed by atoms with Crippen LogP contribution in [-0.4, -0.2) is 63.1 Å². The number of alkyl halides is 3. The lowest BCUT2D eigenvalue weighted by Gasteiger charge is -2.30. The Morgan fingerprint density at radius 2 is 1.74 bits per heavy atom. The molecule has 1 aliphatic heterocycles. The number of carbonyl (C=O) groups excluding carboxylic acids is 3. The molecule has 0 radical (unpaired) electrons. The number of hydrogen-bond acceptors (Lipinski definition) is 10. The van der Waals surface area contributed by atoms with Crippen molar-refractivity contribution >= 4 is 52.2 Å². The molecule has 4 aromatic rings. The van der Waals surface area contributed by atoms with Crippen LogP contribution in [0.15, 0.2) is 47.5 Å². The van der Waals surface area contributed by atoms with Crippen LogP contribution in [0, 0.1) is 32.6 Å². The first-order chi connectivity index (χ1) is 25.2. The van der Waals surface area contributed by atoms with Crippen LogP contribution in [0.2, 0.25) is 5.02 Å². The molecule has 2 aromatic carbocycles. The van der Waals surface area contributed by atoms with Crippen LogP contribution >= 0.6 is 22.9 Å². The molecule has 276 valence electrons. The zero-order valence-electron chi connectivity index (χ0n) is 28.9. The maximum absolute atomic E-state index is 13.6. The number of nitrogens with two attached hydrogens (primary N) is 1. The molecular weight excluding hydrogens is 731 g/mol. The van der Waals surface area contributed by atoms with Crippen LogP contribution in [-0.2, 0) is 14.3 Å². The van der Waals surface area contributed by atoms with Crippen molar-refractivity contribution in [1.29, 1.82) is 0 Å². The molecule has 1 fully saturated rings. The van der Waals surface area contributed by atoms with Gasteiger partial charge in [0.2, 0.25) is 5.91 Å².